The molecule has 1 amide bonds. The summed E-state index contributed by atoms with van der Waals surface area (Å²) in [4.78, 5) is 11.7. The van der Waals surface area contributed by atoms with E-state index in [1.165, 1.54) is 7.11 Å². The molecule has 0 aliphatic rings. The normalized spacial score (nSPS) is 9.59. The number of amides is 1. The van der Waals surface area contributed by atoms with Gasteiger partial charge in [-0.2, -0.15) is 0 Å². The van der Waals surface area contributed by atoms with Gasteiger partial charge in [-0.1, -0.05) is 22.5 Å². The number of methoxy groups -OCH3 is 2. The van der Waals surface area contributed by atoms with Gasteiger partial charge in [0, 0.05) is 16.6 Å². The Labute approximate surface area is 109 Å². The molecule has 4 nitrogen and oxygen atoms in total. The lowest BCUT2D eigenvalue weighted by molar-refractivity contribution is 0.0957. The molecule has 1 N–H and O–H groups in total. The first-order valence-corrected chi connectivity index (χ1v) is 5.71. The van der Waals surface area contributed by atoms with Crippen molar-refractivity contribution in [3.63, 3.8) is 0 Å². The molecule has 0 aromatic heterocycles. The molecule has 0 unspecified atom stereocenters. The molecule has 0 spiro atoms. The van der Waals surface area contributed by atoms with Crippen molar-refractivity contribution in [2.75, 3.05) is 20.8 Å². The SMILES string of the molecule is C=C(Br)CNC(=O)c1ccc(OC)c(OC)c1. The second kappa shape index (κ2) is 6.30. The number of halogens is 1. The lowest BCUT2D eigenvalue weighted by atomic mass is 10.2. The molecule has 0 fully saturated rings. The van der Waals surface area contributed by atoms with Gasteiger partial charge in [0.25, 0.3) is 5.91 Å². The van der Waals surface area contributed by atoms with Crippen LogP contribution in [0.25, 0.3) is 0 Å². The predicted octanol–water partition coefficient (Wildman–Crippen LogP) is 2.34. The average Bonchev–Trinajstić information content (AvgIpc) is 2.34. The first-order valence-electron chi connectivity index (χ1n) is 4.92. The van der Waals surface area contributed by atoms with Crippen molar-refractivity contribution in [2.24, 2.45) is 0 Å². The second-order valence-electron chi connectivity index (χ2n) is 3.27. The Morgan fingerprint density at radius 2 is 2.00 bits per heavy atom. The van der Waals surface area contributed by atoms with E-state index in [1.54, 1.807) is 25.3 Å². The Morgan fingerprint density at radius 1 is 1.35 bits per heavy atom. The minimum absolute atomic E-state index is 0.188. The zero-order valence-corrected chi connectivity index (χ0v) is 11.3. The van der Waals surface area contributed by atoms with Crippen LogP contribution >= 0.6 is 15.9 Å². The maximum atomic E-state index is 11.7. The molecule has 0 aliphatic carbocycles. The van der Waals surface area contributed by atoms with Crippen molar-refractivity contribution in [3.05, 3.63) is 34.8 Å². The van der Waals surface area contributed by atoms with E-state index in [0.717, 1.165) is 0 Å². The fourth-order valence-corrected chi connectivity index (χ4v) is 1.40. The smallest absolute Gasteiger partial charge is 0.251 e. The molecular formula is C12H14BrNO3. The van der Waals surface area contributed by atoms with E-state index in [4.69, 9.17) is 9.47 Å². The molecule has 0 saturated carbocycles. The molecule has 1 rings (SSSR count). The molecule has 0 aliphatic heterocycles. The van der Waals surface area contributed by atoms with Crippen molar-refractivity contribution < 1.29 is 14.3 Å². The molecule has 0 saturated heterocycles. The third kappa shape index (κ3) is 3.78. The Bertz CT molecular complexity index is 432. The van der Waals surface area contributed by atoms with Gasteiger partial charge in [0.05, 0.1) is 14.2 Å². The van der Waals surface area contributed by atoms with Gasteiger partial charge in [-0.25, -0.2) is 0 Å². The van der Waals surface area contributed by atoms with Crippen molar-refractivity contribution >= 4 is 21.8 Å². The minimum atomic E-state index is -0.188. The van der Waals surface area contributed by atoms with E-state index in [9.17, 15) is 4.79 Å². The Kier molecular flexibility index (Phi) is 5.03. The number of carbonyl (C=O) groups is 1. The summed E-state index contributed by atoms with van der Waals surface area (Å²) in [5.41, 5.74) is 0.511. The maximum Gasteiger partial charge on any atom is 0.251 e. The summed E-state index contributed by atoms with van der Waals surface area (Å²) >= 11 is 3.17. The summed E-state index contributed by atoms with van der Waals surface area (Å²) in [6.07, 6.45) is 0. The largest absolute Gasteiger partial charge is 0.493 e. The van der Waals surface area contributed by atoms with E-state index in [2.05, 4.69) is 27.8 Å². The summed E-state index contributed by atoms with van der Waals surface area (Å²) in [6.45, 7) is 4.02. The highest BCUT2D eigenvalue weighted by Crippen LogP contribution is 2.27. The Morgan fingerprint density at radius 3 is 2.53 bits per heavy atom. The molecule has 1 aromatic rings. The Balaban J connectivity index is 2.84. The monoisotopic (exact) mass is 299 g/mol. The maximum absolute atomic E-state index is 11.7. The van der Waals surface area contributed by atoms with Crippen LogP contribution in [-0.2, 0) is 0 Å². The number of nitrogens with one attached hydrogen (secondary N) is 1. The van der Waals surface area contributed by atoms with Crippen LogP contribution in [0.1, 0.15) is 10.4 Å². The molecule has 17 heavy (non-hydrogen) atoms. The van der Waals surface area contributed by atoms with Gasteiger partial charge in [0.1, 0.15) is 0 Å². The molecule has 0 heterocycles. The fraction of sp³-hybridized carbons (Fsp3) is 0.250. The zero-order valence-electron chi connectivity index (χ0n) is 9.75. The van der Waals surface area contributed by atoms with Crippen LogP contribution in [0.2, 0.25) is 0 Å². The van der Waals surface area contributed by atoms with Gasteiger partial charge in [0.15, 0.2) is 11.5 Å². The standard InChI is InChI=1S/C12H14BrNO3/c1-8(13)7-14-12(15)9-4-5-10(16-2)11(6-9)17-3/h4-6H,1,7H2,2-3H3,(H,14,15). The molecule has 0 radical (unpaired) electrons. The van der Waals surface area contributed by atoms with Crippen LogP contribution in [-0.4, -0.2) is 26.7 Å². The number of rotatable bonds is 5. The molecular weight excluding hydrogens is 286 g/mol. The van der Waals surface area contributed by atoms with Crippen LogP contribution < -0.4 is 14.8 Å². The van der Waals surface area contributed by atoms with E-state index >= 15 is 0 Å². The van der Waals surface area contributed by atoms with Gasteiger partial charge in [-0.05, 0) is 18.2 Å². The van der Waals surface area contributed by atoms with E-state index in [-0.39, 0.29) is 5.91 Å². The third-order valence-electron chi connectivity index (χ3n) is 2.09. The third-order valence-corrected chi connectivity index (χ3v) is 2.37. The fourth-order valence-electron chi connectivity index (χ4n) is 1.26. The number of carbonyl (C=O) groups excluding carboxylic acids is 1. The first kappa shape index (κ1) is 13.6. The molecule has 5 heteroatoms. The van der Waals surface area contributed by atoms with Crippen LogP contribution in [0.3, 0.4) is 0 Å². The molecule has 92 valence electrons. The van der Waals surface area contributed by atoms with Gasteiger partial charge in [-0.15, -0.1) is 0 Å². The van der Waals surface area contributed by atoms with Crippen LogP contribution in [0.5, 0.6) is 11.5 Å². The van der Waals surface area contributed by atoms with Gasteiger partial charge >= 0.3 is 0 Å². The van der Waals surface area contributed by atoms with Crippen LogP contribution in [0.15, 0.2) is 29.3 Å². The molecule has 1 aromatic carbocycles. The van der Waals surface area contributed by atoms with Gasteiger partial charge < -0.3 is 14.8 Å². The summed E-state index contributed by atoms with van der Waals surface area (Å²) in [5, 5.41) is 2.71. The summed E-state index contributed by atoms with van der Waals surface area (Å²) in [7, 11) is 3.08. The highest BCUT2D eigenvalue weighted by Gasteiger charge is 2.10. The number of benzene rings is 1. The lowest BCUT2D eigenvalue weighted by Gasteiger charge is -2.09. The number of hydrogen-bond donors (Lipinski definition) is 1. The van der Waals surface area contributed by atoms with Crippen molar-refractivity contribution in [3.8, 4) is 11.5 Å². The van der Waals surface area contributed by atoms with Gasteiger partial charge in [-0.3, -0.25) is 4.79 Å². The van der Waals surface area contributed by atoms with Crippen molar-refractivity contribution in [2.45, 2.75) is 0 Å². The van der Waals surface area contributed by atoms with Crippen LogP contribution in [0.4, 0.5) is 0 Å². The Hall–Kier alpha value is -1.49. The van der Waals surface area contributed by atoms with Gasteiger partial charge in [0.2, 0.25) is 0 Å². The van der Waals surface area contributed by atoms with E-state index in [0.29, 0.717) is 28.1 Å². The minimum Gasteiger partial charge on any atom is -0.493 e. The topological polar surface area (TPSA) is 47.6 Å². The first-order chi connectivity index (χ1) is 8.08. The van der Waals surface area contributed by atoms with Crippen molar-refractivity contribution in [1.82, 2.24) is 5.32 Å². The summed E-state index contributed by atoms with van der Waals surface area (Å²) in [6, 6.07) is 5.00. The number of hydrogen-bond acceptors (Lipinski definition) is 3. The van der Waals surface area contributed by atoms with E-state index in [1.807, 2.05) is 0 Å². The highest BCUT2D eigenvalue weighted by molar-refractivity contribution is 9.11. The van der Waals surface area contributed by atoms with Crippen molar-refractivity contribution in [1.29, 1.82) is 0 Å². The van der Waals surface area contributed by atoms with E-state index < -0.39 is 0 Å². The number of ether oxygens (including phenoxy) is 2. The molecule has 0 atom stereocenters. The second-order valence-corrected chi connectivity index (χ2v) is 4.39. The summed E-state index contributed by atoms with van der Waals surface area (Å²) in [5.74, 6) is 0.929. The predicted molar refractivity (Wildman–Crippen MR) is 69.9 cm³/mol. The highest BCUT2D eigenvalue weighted by atomic mass is 79.9. The lowest BCUT2D eigenvalue weighted by Crippen LogP contribution is -2.24. The summed E-state index contributed by atoms with van der Waals surface area (Å²) < 4.78 is 10.9. The zero-order chi connectivity index (χ0) is 12.8. The molecule has 0 bridgehead atoms. The average molecular weight is 300 g/mol. The van der Waals surface area contributed by atoms with Crippen LogP contribution in [0, 0.1) is 0 Å². The quantitative estimate of drug-likeness (QED) is 0.908.